The summed E-state index contributed by atoms with van der Waals surface area (Å²) in [5.41, 5.74) is 0.127. The summed E-state index contributed by atoms with van der Waals surface area (Å²) in [7, 11) is 1.28. The summed E-state index contributed by atoms with van der Waals surface area (Å²) in [6, 6.07) is 16.0. The van der Waals surface area contributed by atoms with Gasteiger partial charge in [-0.05, 0) is 48.9 Å². The van der Waals surface area contributed by atoms with Crippen LogP contribution in [0.25, 0.3) is 10.8 Å². The van der Waals surface area contributed by atoms with Gasteiger partial charge in [-0.25, -0.2) is 9.18 Å². The Balaban J connectivity index is 1.37. The molecule has 0 spiro atoms. The van der Waals surface area contributed by atoms with Crippen LogP contribution in [0.1, 0.15) is 48.5 Å². The largest absolute Gasteiger partial charge is 0.496 e. The van der Waals surface area contributed by atoms with Crippen LogP contribution >= 0.6 is 0 Å². The summed E-state index contributed by atoms with van der Waals surface area (Å²) in [6.45, 7) is 2.08. The number of esters is 1. The van der Waals surface area contributed by atoms with Crippen LogP contribution in [0.3, 0.4) is 0 Å². The quantitative estimate of drug-likeness (QED) is 0.446. The summed E-state index contributed by atoms with van der Waals surface area (Å²) in [5.74, 6) is -2.38. The maximum Gasteiger partial charge on any atom is 0.339 e. The van der Waals surface area contributed by atoms with Crippen LogP contribution in [0, 0.1) is 11.2 Å². The van der Waals surface area contributed by atoms with Crippen LogP contribution < -0.4 is 9.47 Å². The number of rotatable bonds is 7. The molecule has 0 aliphatic heterocycles. The van der Waals surface area contributed by atoms with Crippen molar-refractivity contribution in [3.05, 3.63) is 71.5 Å². The topological polar surface area (TPSA) is 82.1 Å². The third-order valence-electron chi connectivity index (χ3n) is 6.55. The molecule has 1 aliphatic rings. The Kier molecular flexibility index (Phi) is 6.72. The van der Waals surface area contributed by atoms with Crippen LogP contribution in [0.15, 0.2) is 54.6 Å². The summed E-state index contributed by atoms with van der Waals surface area (Å²) in [4.78, 5) is 24.4. The van der Waals surface area contributed by atoms with Crippen molar-refractivity contribution in [2.45, 2.75) is 45.3 Å². The highest BCUT2D eigenvalue weighted by Crippen LogP contribution is 2.39. The van der Waals surface area contributed by atoms with Gasteiger partial charge < -0.3 is 19.3 Å². The maximum atomic E-state index is 14.4. The van der Waals surface area contributed by atoms with Crippen LogP contribution in [-0.2, 0) is 16.1 Å². The number of methoxy groups -OCH3 is 1. The molecule has 1 N–H and O–H groups in total. The van der Waals surface area contributed by atoms with E-state index in [1.165, 1.54) is 7.11 Å². The molecule has 178 valence electrons. The Morgan fingerprint density at radius 1 is 1.06 bits per heavy atom. The highest BCUT2D eigenvalue weighted by Gasteiger charge is 2.40. The first-order valence-electron chi connectivity index (χ1n) is 11.2. The number of carbonyl (C=O) groups is 2. The lowest BCUT2D eigenvalue weighted by molar-refractivity contribution is -0.159. The second-order valence-electron chi connectivity index (χ2n) is 8.88. The van der Waals surface area contributed by atoms with Crippen LogP contribution in [0.4, 0.5) is 4.39 Å². The van der Waals surface area contributed by atoms with Crippen molar-refractivity contribution >= 4 is 22.7 Å². The predicted octanol–water partition coefficient (Wildman–Crippen LogP) is 5.76. The summed E-state index contributed by atoms with van der Waals surface area (Å²) >= 11 is 0. The third kappa shape index (κ3) is 4.83. The van der Waals surface area contributed by atoms with Crippen molar-refractivity contribution in [2.24, 2.45) is 5.41 Å². The molecule has 0 amide bonds. The molecule has 0 radical (unpaired) electrons. The zero-order valence-electron chi connectivity index (χ0n) is 19.2. The molecule has 0 atom stereocenters. The normalized spacial score (nSPS) is 20.0. The van der Waals surface area contributed by atoms with Crippen LogP contribution in [0.5, 0.6) is 11.5 Å². The molecule has 1 fully saturated rings. The zero-order valence-corrected chi connectivity index (χ0v) is 19.2. The monoisotopic (exact) mass is 466 g/mol. The summed E-state index contributed by atoms with van der Waals surface area (Å²) < 4.78 is 30.8. The molecule has 0 aromatic heterocycles. The average molecular weight is 467 g/mol. The van der Waals surface area contributed by atoms with Gasteiger partial charge in [-0.15, -0.1) is 0 Å². The minimum Gasteiger partial charge on any atom is -0.496 e. The number of carbonyl (C=O) groups excluding carboxylic acids is 1. The summed E-state index contributed by atoms with van der Waals surface area (Å²) in [5, 5.41) is 11.5. The van der Waals surface area contributed by atoms with Gasteiger partial charge in [-0.2, -0.15) is 0 Å². The van der Waals surface area contributed by atoms with Crippen molar-refractivity contribution in [3.8, 4) is 11.5 Å². The average Bonchev–Trinajstić information content (AvgIpc) is 2.84. The van der Waals surface area contributed by atoms with Crippen molar-refractivity contribution in [3.63, 3.8) is 0 Å². The Labute approximate surface area is 197 Å². The van der Waals surface area contributed by atoms with E-state index in [2.05, 4.69) is 0 Å². The lowest BCUT2D eigenvalue weighted by Gasteiger charge is -2.35. The fraction of sp³-hybridized carbons (Fsp3) is 0.333. The Morgan fingerprint density at radius 2 is 1.76 bits per heavy atom. The van der Waals surface area contributed by atoms with Crippen LogP contribution in [-0.4, -0.2) is 30.3 Å². The standard InChI is InChI=1S/C27H27FO6/c1-27(26(31)33-16-18-8-5-7-17-6-3-4-9-20(17)18)12-10-19(11-13-27)34-24-14-21(25(29)30)23(32-2)15-22(24)28/h3-9,14-15,19H,10-13,16H2,1-2H3,(H,29,30)/t19-,27+. The molecule has 1 saturated carbocycles. The Morgan fingerprint density at radius 3 is 2.47 bits per heavy atom. The lowest BCUT2D eigenvalue weighted by Crippen LogP contribution is -2.37. The number of carboxylic acid groups (broad SMARTS) is 1. The molecule has 3 aromatic carbocycles. The van der Waals surface area contributed by atoms with Gasteiger partial charge in [0.25, 0.3) is 0 Å². The summed E-state index contributed by atoms with van der Waals surface area (Å²) in [6.07, 6.45) is 1.76. The van der Waals surface area contributed by atoms with Gasteiger partial charge in [0, 0.05) is 12.1 Å². The molecule has 4 rings (SSSR count). The third-order valence-corrected chi connectivity index (χ3v) is 6.55. The second kappa shape index (κ2) is 9.71. The molecular weight excluding hydrogens is 439 g/mol. The highest BCUT2D eigenvalue weighted by atomic mass is 19.1. The molecule has 6 nitrogen and oxygen atoms in total. The van der Waals surface area contributed by atoms with E-state index in [1.807, 2.05) is 49.4 Å². The molecule has 3 aromatic rings. The van der Waals surface area contributed by atoms with E-state index in [0.717, 1.165) is 28.5 Å². The van der Waals surface area contributed by atoms with Gasteiger partial charge in [0.1, 0.15) is 17.9 Å². The van der Waals surface area contributed by atoms with E-state index in [-0.39, 0.29) is 35.7 Å². The first-order valence-corrected chi connectivity index (χ1v) is 11.2. The SMILES string of the molecule is COc1cc(F)c(O[C@H]2CC[C@@](C)(C(=O)OCc3cccc4ccccc34)CC2)cc1C(=O)O. The fourth-order valence-corrected chi connectivity index (χ4v) is 4.43. The number of ether oxygens (including phenoxy) is 3. The molecule has 1 aliphatic carbocycles. The van der Waals surface area contributed by atoms with Crippen molar-refractivity contribution in [1.29, 1.82) is 0 Å². The van der Waals surface area contributed by atoms with E-state index < -0.39 is 17.2 Å². The predicted molar refractivity (Wildman–Crippen MR) is 125 cm³/mol. The van der Waals surface area contributed by atoms with E-state index >= 15 is 0 Å². The van der Waals surface area contributed by atoms with Crippen molar-refractivity contribution < 1.29 is 33.3 Å². The van der Waals surface area contributed by atoms with E-state index in [9.17, 15) is 19.1 Å². The number of aromatic carboxylic acids is 1. The van der Waals surface area contributed by atoms with Crippen molar-refractivity contribution in [1.82, 2.24) is 0 Å². The first kappa shape index (κ1) is 23.5. The van der Waals surface area contributed by atoms with Gasteiger partial charge in [0.2, 0.25) is 0 Å². The Hall–Kier alpha value is -3.61. The maximum absolute atomic E-state index is 14.4. The van der Waals surface area contributed by atoms with E-state index in [0.29, 0.717) is 25.7 Å². The molecular formula is C27H27FO6. The van der Waals surface area contributed by atoms with Gasteiger partial charge in [-0.1, -0.05) is 42.5 Å². The molecule has 0 saturated heterocycles. The Bertz CT molecular complexity index is 1210. The molecule has 7 heteroatoms. The lowest BCUT2D eigenvalue weighted by atomic mass is 9.74. The number of halogens is 1. The smallest absolute Gasteiger partial charge is 0.339 e. The van der Waals surface area contributed by atoms with Gasteiger partial charge in [-0.3, -0.25) is 4.79 Å². The minimum atomic E-state index is -1.23. The number of hydrogen-bond donors (Lipinski definition) is 1. The molecule has 0 heterocycles. The number of benzene rings is 3. The molecule has 0 bridgehead atoms. The van der Waals surface area contributed by atoms with Crippen molar-refractivity contribution in [2.75, 3.05) is 7.11 Å². The minimum absolute atomic E-state index is 0.0671. The van der Waals surface area contributed by atoms with E-state index in [1.54, 1.807) is 0 Å². The van der Waals surface area contributed by atoms with Gasteiger partial charge >= 0.3 is 11.9 Å². The zero-order chi connectivity index (χ0) is 24.3. The van der Waals surface area contributed by atoms with Gasteiger partial charge in [0.15, 0.2) is 11.6 Å². The number of hydrogen-bond acceptors (Lipinski definition) is 5. The fourth-order valence-electron chi connectivity index (χ4n) is 4.43. The van der Waals surface area contributed by atoms with Crippen LogP contribution in [0.2, 0.25) is 0 Å². The second-order valence-corrected chi connectivity index (χ2v) is 8.88. The molecule has 34 heavy (non-hydrogen) atoms. The molecule has 0 unspecified atom stereocenters. The number of fused-ring (bicyclic) bond motifs is 1. The number of carboxylic acids is 1. The van der Waals surface area contributed by atoms with E-state index in [4.69, 9.17) is 14.2 Å². The van der Waals surface area contributed by atoms with Gasteiger partial charge in [0.05, 0.1) is 18.6 Å². The highest BCUT2D eigenvalue weighted by molar-refractivity contribution is 5.91. The first-order chi connectivity index (χ1) is 16.3.